The van der Waals surface area contributed by atoms with E-state index in [1.807, 2.05) is 0 Å². The van der Waals surface area contributed by atoms with Gasteiger partial charge in [0.25, 0.3) is 0 Å². The number of hydrogen-bond acceptors (Lipinski definition) is 9. The molecule has 1 atom stereocenters. The molecule has 1 aromatic heterocycles. The van der Waals surface area contributed by atoms with Crippen molar-refractivity contribution in [3.63, 3.8) is 0 Å². The summed E-state index contributed by atoms with van der Waals surface area (Å²) in [7, 11) is -3.09. The zero-order valence-corrected chi connectivity index (χ0v) is 11.5. The highest BCUT2D eigenvalue weighted by molar-refractivity contribution is 7.91. The zero-order valence-electron chi connectivity index (χ0n) is 10.7. The Balaban J connectivity index is 2.34. The molecule has 0 amide bonds. The van der Waals surface area contributed by atoms with Gasteiger partial charge in [0.1, 0.15) is 5.69 Å². The molecule has 0 aromatic carbocycles. The molecule has 1 aromatic rings. The number of nitrogen functional groups attached to an aromatic ring is 1. The van der Waals surface area contributed by atoms with Crippen LogP contribution in [0.2, 0.25) is 0 Å². The van der Waals surface area contributed by atoms with Crippen molar-refractivity contribution in [3.05, 3.63) is 15.8 Å². The zero-order chi connectivity index (χ0) is 14.9. The lowest BCUT2D eigenvalue weighted by Crippen LogP contribution is -2.23. The smallest absolute Gasteiger partial charge is 0.332 e. The first kappa shape index (κ1) is 14.4. The number of sulfone groups is 1. The van der Waals surface area contributed by atoms with Gasteiger partial charge in [0, 0.05) is 6.04 Å². The van der Waals surface area contributed by atoms with Crippen molar-refractivity contribution in [3.8, 4) is 0 Å². The summed E-state index contributed by atoms with van der Waals surface area (Å²) in [6.07, 6.45) is 0.383. The quantitative estimate of drug-likeness (QED) is 0.382. The molecular formula is C9H14N6O4S. The lowest BCUT2D eigenvalue weighted by Gasteiger charge is -2.13. The largest absolute Gasteiger partial charge is 0.360 e. The second kappa shape index (κ2) is 5.17. The average Bonchev–Trinajstić information content (AvgIpc) is 2.67. The van der Waals surface area contributed by atoms with Crippen LogP contribution in [0.4, 0.5) is 17.5 Å². The highest BCUT2D eigenvalue weighted by Gasteiger charge is 2.31. The van der Waals surface area contributed by atoms with Crippen LogP contribution in [0, 0.1) is 17.0 Å². The molecule has 110 valence electrons. The Labute approximate surface area is 114 Å². The SMILES string of the molecule is Cc1nc(NN)nc(NC2CCS(=O)(=O)C2)c1[N+](=O)[O-]. The first-order valence-corrected chi connectivity index (χ1v) is 7.61. The van der Waals surface area contributed by atoms with Crippen molar-refractivity contribution in [2.75, 3.05) is 22.2 Å². The van der Waals surface area contributed by atoms with E-state index in [-0.39, 0.29) is 34.7 Å². The second-order valence-electron chi connectivity index (χ2n) is 4.48. The summed E-state index contributed by atoms with van der Waals surface area (Å²) in [4.78, 5) is 18.2. The van der Waals surface area contributed by atoms with E-state index >= 15 is 0 Å². The van der Waals surface area contributed by atoms with Crippen LogP contribution in [0.15, 0.2) is 0 Å². The summed E-state index contributed by atoms with van der Waals surface area (Å²) < 4.78 is 22.8. The number of anilines is 2. The molecule has 11 heteroatoms. The van der Waals surface area contributed by atoms with Crippen molar-refractivity contribution in [1.29, 1.82) is 0 Å². The van der Waals surface area contributed by atoms with E-state index in [0.29, 0.717) is 6.42 Å². The van der Waals surface area contributed by atoms with E-state index in [4.69, 9.17) is 5.84 Å². The number of nitro groups is 1. The van der Waals surface area contributed by atoms with Crippen LogP contribution in [-0.4, -0.2) is 40.9 Å². The fourth-order valence-corrected chi connectivity index (χ4v) is 3.73. The molecule has 10 nitrogen and oxygen atoms in total. The summed E-state index contributed by atoms with van der Waals surface area (Å²) in [5, 5.41) is 13.9. The molecule has 1 aliphatic rings. The minimum Gasteiger partial charge on any atom is -0.360 e. The molecule has 0 radical (unpaired) electrons. The Morgan fingerprint density at radius 3 is 2.65 bits per heavy atom. The molecule has 2 heterocycles. The Hall–Kier alpha value is -2.01. The minimum atomic E-state index is -3.09. The van der Waals surface area contributed by atoms with Gasteiger partial charge >= 0.3 is 5.69 Å². The van der Waals surface area contributed by atoms with Gasteiger partial charge in [-0.2, -0.15) is 4.98 Å². The first-order chi connectivity index (χ1) is 9.32. The van der Waals surface area contributed by atoms with Gasteiger partial charge in [0.15, 0.2) is 9.84 Å². The number of aromatic nitrogens is 2. The van der Waals surface area contributed by atoms with E-state index in [0.717, 1.165) is 0 Å². The highest BCUT2D eigenvalue weighted by Crippen LogP contribution is 2.28. The second-order valence-corrected chi connectivity index (χ2v) is 6.70. The standard InChI is InChI=1S/C9H14N6O4S/c1-5-7(15(16)17)8(13-9(11-5)14-10)12-6-2-3-20(18,19)4-6/h6H,2-4,10H2,1H3,(H2,11,12,13,14). The summed E-state index contributed by atoms with van der Waals surface area (Å²) in [6, 6.07) is -0.404. The van der Waals surface area contributed by atoms with Crippen LogP contribution in [0.25, 0.3) is 0 Å². The molecule has 20 heavy (non-hydrogen) atoms. The maximum atomic E-state index is 11.4. The molecule has 2 rings (SSSR count). The molecule has 0 saturated carbocycles. The maximum absolute atomic E-state index is 11.4. The minimum absolute atomic E-state index is 0.0245. The van der Waals surface area contributed by atoms with E-state index in [2.05, 4.69) is 20.7 Å². The molecule has 4 N–H and O–H groups in total. The molecule has 0 bridgehead atoms. The van der Waals surface area contributed by atoms with Gasteiger partial charge < -0.3 is 5.32 Å². The van der Waals surface area contributed by atoms with E-state index in [1.165, 1.54) is 6.92 Å². The summed E-state index contributed by atoms with van der Waals surface area (Å²) in [6.45, 7) is 1.46. The van der Waals surface area contributed by atoms with E-state index < -0.39 is 20.8 Å². The van der Waals surface area contributed by atoms with Gasteiger partial charge in [0.2, 0.25) is 11.8 Å². The average molecular weight is 302 g/mol. The fraction of sp³-hybridized carbons (Fsp3) is 0.556. The van der Waals surface area contributed by atoms with E-state index in [9.17, 15) is 18.5 Å². The molecular weight excluding hydrogens is 288 g/mol. The predicted octanol–water partition coefficient (Wildman–Crippen LogP) is -0.422. The van der Waals surface area contributed by atoms with Crippen molar-refractivity contribution >= 4 is 27.3 Å². The van der Waals surface area contributed by atoms with Gasteiger partial charge in [-0.25, -0.2) is 19.2 Å². The van der Waals surface area contributed by atoms with Crippen molar-refractivity contribution in [2.24, 2.45) is 5.84 Å². The first-order valence-electron chi connectivity index (χ1n) is 5.79. The van der Waals surface area contributed by atoms with E-state index in [1.54, 1.807) is 0 Å². The van der Waals surface area contributed by atoms with Gasteiger partial charge in [-0.1, -0.05) is 0 Å². The predicted molar refractivity (Wildman–Crippen MR) is 71.9 cm³/mol. The molecule has 1 aliphatic heterocycles. The number of rotatable bonds is 4. The van der Waals surface area contributed by atoms with Gasteiger partial charge in [0.05, 0.1) is 16.4 Å². The van der Waals surface area contributed by atoms with Gasteiger partial charge in [-0.3, -0.25) is 15.5 Å². The number of hydrogen-bond donors (Lipinski definition) is 3. The van der Waals surface area contributed by atoms with Crippen LogP contribution in [0.3, 0.4) is 0 Å². The number of aryl methyl sites for hydroxylation is 1. The van der Waals surface area contributed by atoms with Crippen LogP contribution < -0.4 is 16.6 Å². The topological polar surface area (TPSA) is 153 Å². The number of nitrogens with two attached hydrogens (primary N) is 1. The third kappa shape index (κ3) is 2.93. The van der Waals surface area contributed by atoms with Crippen molar-refractivity contribution in [1.82, 2.24) is 9.97 Å². The Morgan fingerprint density at radius 1 is 1.45 bits per heavy atom. The normalized spacial score (nSPS) is 20.6. The van der Waals surface area contributed by atoms with Crippen molar-refractivity contribution < 1.29 is 13.3 Å². The molecule has 1 fully saturated rings. The third-order valence-corrected chi connectivity index (χ3v) is 4.71. The van der Waals surface area contributed by atoms with Gasteiger partial charge in [-0.15, -0.1) is 0 Å². The Bertz CT molecular complexity index is 646. The number of hydrazine groups is 1. The van der Waals surface area contributed by atoms with Gasteiger partial charge in [-0.05, 0) is 13.3 Å². The molecule has 0 spiro atoms. The molecule has 1 unspecified atom stereocenters. The lowest BCUT2D eigenvalue weighted by molar-refractivity contribution is -0.385. The molecule has 1 saturated heterocycles. The molecule has 0 aliphatic carbocycles. The lowest BCUT2D eigenvalue weighted by atomic mass is 10.2. The van der Waals surface area contributed by atoms with Crippen LogP contribution >= 0.6 is 0 Å². The Morgan fingerprint density at radius 2 is 2.15 bits per heavy atom. The van der Waals surface area contributed by atoms with Crippen LogP contribution in [-0.2, 0) is 9.84 Å². The third-order valence-electron chi connectivity index (χ3n) is 2.94. The van der Waals surface area contributed by atoms with Crippen LogP contribution in [0.5, 0.6) is 0 Å². The monoisotopic (exact) mass is 302 g/mol. The fourth-order valence-electron chi connectivity index (χ4n) is 2.05. The number of nitrogens with zero attached hydrogens (tertiary/aromatic N) is 3. The number of nitrogens with one attached hydrogen (secondary N) is 2. The summed E-state index contributed by atoms with van der Waals surface area (Å²) in [5.74, 6) is 5.18. The summed E-state index contributed by atoms with van der Waals surface area (Å²) >= 11 is 0. The highest BCUT2D eigenvalue weighted by atomic mass is 32.2. The maximum Gasteiger partial charge on any atom is 0.332 e. The van der Waals surface area contributed by atoms with Crippen molar-refractivity contribution in [2.45, 2.75) is 19.4 Å². The summed E-state index contributed by atoms with van der Waals surface area (Å²) in [5.41, 5.74) is 2.07. The Kier molecular flexibility index (Phi) is 3.72. The van der Waals surface area contributed by atoms with Crippen LogP contribution in [0.1, 0.15) is 12.1 Å².